The normalized spacial score (nSPS) is 12.5. The number of carbonyl (C=O) groups excluding carboxylic acids is 1. The Bertz CT molecular complexity index is 371. The van der Waals surface area contributed by atoms with E-state index in [2.05, 4.69) is 0 Å². The summed E-state index contributed by atoms with van der Waals surface area (Å²) in [6.45, 7) is 1.27. The van der Waals surface area contributed by atoms with Gasteiger partial charge in [0.05, 0.1) is 5.02 Å². The molecule has 4 N–H and O–H groups in total. The lowest BCUT2D eigenvalue weighted by molar-refractivity contribution is -0.121. The first kappa shape index (κ1) is 11.8. The third-order valence-corrected chi connectivity index (χ3v) is 2.22. The van der Waals surface area contributed by atoms with Gasteiger partial charge in [0, 0.05) is 0 Å². The topological polar surface area (TPSA) is 89.8 Å². The molecule has 1 atom stereocenters. The van der Waals surface area contributed by atoms with Crippen LogP contribution in [0.4, 0.5) is 0 Å². The van der Waals surface area contributed by atoms with Gasteiger partial charge >= 0.3 is 0 Å². The number of aromatic hydroxyl groups is 2. The summed E-state index contributed by atoms with van der Waals surface area (Å²) in [5.41, 5.74) is 2.06. The van der Waals surface area contributed by atoms with Gasteiger partial charge in [0.1, 0.15) is 6.04 Å². The molecule has 0 aliphatic heterocycles. The van der Waals surface area contributed by atoms with E-state index in [1.165, 1.54) is 13.0 Å². The summed E-state index contributed by atoms with van der Waals surface area (Å²) in [5.74, 6) is -1.25. The molecule has 15 heavy (non-hydrogen) atoms. The average molecular weight is 232 g/mol. The van der Waals surface area contributed by atoms with Crippen LogP contribution < -0.4 is 5.48 Å². The Hall–Kier alpha value is -1.30. The van der Waals surface area contributed by atoms with E-state index < -0.39 is 17.5 Å². The molecule has 0 fully saturated rings. The quantitative estimate of drug-likeness (QED) is 0.466. The third kappa shape index (κ3) is 2.38. The van der Waals surface area contributed by atoms with Gasteiger partial charge in [-0.15, -0.1) is 0 Å². The monoisotopic (exact) mass is 231 g/mol. The van der Waals surface area contributed by atoms with Crippen molar-refractivity contribution in [2.24, 2.45) is 0 Å². The summed E-state index contributed by atoms with van der Waals surface area (Å²) in [7, 11) is 0. The lowest BCUT2D eigenvalue weighted by atomic mass is 10.0. The van der Waals surface area contributed by atoms with Gasteiger partial charge in [-0.2, -0.15) is 5.48 Å². The van der Waals surface area contributed by atoms with Crippen LogP contribution in [0.2, 0.25) is 5.02 Å². The number of phenols is 2. The Kier molecular flexibility index (Phi) is 3.52. The van der Waals surface area contributed by atoms with Gasteiger partial charge in [-0.1, -0.05) is 11.6 Å². The van der Waals surface area contributed by atoms with Crippen LogP contribution in [0.1, 0.15) is 18.5 Å². The van der Waals surface area contributed by atoms with Gasteiger partial charge in [0.25, 0.3) is 0 Å². The molecule has 6 heteroatoms. The molecule has 1 unspecified atom stereocenters. The molecule has 0 aliphatic carbocycles. The maximum Gasteiger partial charge on any atom is 0.176 e. The Morgan fingerprint density at radius 3 is 2.47 bits per heavy atom. The van der Waals surface area contributed by atoms with Crippen LogP contribution >= 0.6 is 11.6 Å². The van der Waals surface area contributed by atoms with E-state index in [9.17, 15) is 15.0 Å². The molecule has 0 amide bonds. The van der Waals surface area contributed by atoms with E-state index in [4.69, 9.17) is 16.8 Å². The first-order chi connectivity index (χ1) is 6.97. The third-order valence-electron chi connectivity index (χ3n) is 1.93. The molecule has 1 rings (SSSR count). The number of hydroxylamine groups is 1. The van der Waals surface area contributed by atoms with Crippen LogP contribution in [0.3, 0.4) is 0 Å². The highest BCUT2D eigenvalue weighted by atomic mass is 35.5. The predicted molar refractivity (Wildman–Crippen MR) is 53.1 cm³/mol. The van der Waals surface area contributed by atoms with Crippen LogP contribution in [-0.4, -0.2) is 21.2 Å². The molecule has 0 spiro atoms. The number of Topliss-reactive ketones (excluding diaryl/α,β-unsaturated/α-hetero) is 1. The first-order valence-electron chi connectivity index (χ1n) is 4.08. The fourth-order valence-corrected chi connectivity index (χ4v) is 1.39. The van der Waals surface area contributed by atoms with Gasteiger partial charge in [-0.25, -0.2) is 0 Å². The van der Waals surface area contributed by atoms with E-state index in [-0.39, 0.29) is 16.4 Å². The van der Waals surface area contributed by atoms with E-state index in [0.717, 1.165) is 6.07 Å². The highest BCUT2D eigenvalue weighted by Crippen LogP contribution is 2.35. The fourth-order valence-electron chi connectivity index (χ4n) is 1.17. The molecule has 0 radical (unpaired) electrons. The van der Waals surface area contributed by atoms with Crippen LogP contribution in [0.25, 0.3) is 0 Å². The van der Waals surface area contributed by atoms with Crippen LogP contribution in [0, 0.1) is 0 Å². The largest absolute Gasteiger partial charge is 0.504 e. The number of benzene rings is 1. The van der Waals surface area contributed by atoms with Crippen molar-refractivity contribution in [3.8, 4) is 11.5 Å². The summed E-state index contributed by atoms with van der Waals surface area (Å²) >= 11 is 5.59. The van der Waals surface area contributed by atoms with Crippen molar-refractivity contribution >= 4 is 17.4 Å². The van der Waals surface area contributed by atoms with Crippen LogP contribution in [0.5, 0.6) is 11.5 Å². The Morgan fingerprint density at radius 1 is 1.47 bits per heavy atom. The second-order valence-electron chi connectivity index (χ2n) is 3.04. The van der Waals surface area contributed by atoms with Gasteiger partial charge in [0.15, 0.2) is 17.3 Å². The Morgan fingerprint density at radius 2 is 2.07 bits per heavy atom. The molecule has 0 heterocycles. The first-order valence-corrected chi connectivity index (χ1v) is 4.46. The van der Waals surface area contributed by atoms with Gasteiger partial charge in [-0.3, -0.25) is 4.79 Å². The smallest absolute Gasteiger partial charge is 0.176 e. The summed E-state index contributed by atoms with van der Waals surface area (Å²) in [5, 5.41) is 27.1. The molecule has 0 saturated heterocycles. The SMILES string of the molecule is CC(=O)C(NO)c1cc(O)c(O)c(Cl)c1. The van der Waals surface area contributed by atoms with E-state index in [1.54, 1.807) is 5.48 Å². The molecule has 0 bridgehead atoms. The molecule has 1 aromatic rings. The molecule has 1 aromatic carbocycles. The predicted octanol–water partition coefficient (Wildman–Crippen LogP) is 1.36. The molecular weight excluding hydrogens is 222 g/mol. The number of hydrogen-bond donors (Lipinski definition) is 4. The molecule has 0 aliphatic rings. The molecular formula is C9H10ClNO4. The van der Waals surface area contributed by atoms with Gasteiger partial charge in [-0.05, 0) is 24.6 Å². The highest BCUT2D eigenvalue weighted by Gasteiger charge is 2.18. The van der Waals surface area contributed by atoms with Crippen molar-refractivity contribution in [1.82, 2.24) is 5.48 Å². The van der Waals surface area contributed by atoms with E-state index >= 15 is 0 Å². The van der Waals surface area contributed by atoms with Crippen LogP contribution in [-0.2, 0) is 4.79 Å². The van der Waals surface area contributed by atoms with Crippen molar-refractivity contribution in [2.45, 2.75) is 13.0 Å². The summed E-state index contributed by atoms with van der Waals surface area (Å²) in [4.78, 5) is 11.1. The maximum atomic E-state index is 11.1. The molecule has 82 valence electrons. The average Bonchev–Trinajstić information content (AvgIpc) is 2.14. The van der Waals surface area contributed by atoms with E-state index in [0.29, 0.717) is 0 Å². The summed E-state index contributed by atoms with van der Waals surface area (Å²) in [6, 6.07) is 1.46. The number of hydrogen-bond acceptors (Lipinski definition) is 5. The Labute approximate surface area is 90.9 Å². The second kappa shape index (κ2) is 4.48. The minimum Gasteiger partial charge on any atom is -0.504 e. The maximum absolute atomic E-state index is 11.1. The second-order valence-corrected chi connectivity index (χ2v) is 3.45. The lowest BCUT2D eigenvalue weighted by Crippen LogP contribution is -2.23. The number of phenolic OH excluding ortho intramolecular Hbond substituents is 2. The number of halogens is 1. The number of rotatable bonds is 3. The van der Waals surface area contributed by atoms with Crippen molar-refractivity contribution < 1.29 is 20.2 Å². The van der Waals surface area contributed by atoms with Crippen LogP contribution in [0.15, 0.2) is 12.1 Å². The lowest BCUT2D eigenvalue weighted by Gasteiger charge is -2.13. The van der Waals surface area contributed by atoms with Crippen molar-refractivity contribution in [1.29, 1.82) is 0 Å². The van der Waals surface area contributed by atoms with Gasteiger partial charge in [0.2, 0.25) is 0 Å². The van der Waals surface area contributed by atoms with E-state index in [1.807, 2.05) is 0 Å². The van der Waals surface area contributed by atoms with Gasteiger partial charge < -0.3 is 15.4 Å². The number of nitrogens with one attached hydrogen (secondary N) is 1. The standard InChI is InChI=1S/C9H10ClNO4/c1-4(12)8(11-15)5-2-6(10)9(14)7(13)3-5/h2-3,8,11,13-15H,1H3. The zero-order valence-electron chi connectivity index (χ0n) is 7.86. The summed E-state index contributed by atoms with van der Waals surface area (Å²) in [6.07, 6.45) is 0. The highest BCUT2D eigenvalue weighted by molar-refractivity contribution is 6.32. The van der Waals surface area contributed by atoms with Crippen molar-refractivity contribution in [3.63, 3.8) is 0 Å². The van der Waals surface area contributed by atoms with Crippen molar-refractivity contribution in [3.05, 3.63) is 22.7 Å². The summed E-state index contributed by atoms with van der Waals surface area (Å²) < 4.78 is 0. The zero-order chi connectivity index (χ0) is 11.6. The molecule has 0 aromatic heterocycles. The molecule has 5 nitrogen and oxygen atoms in total. The molecule has 0 saturated carbocycles. The fraction of sp³-hybridized carbons (Fsp3) is 0.222. The number of carbonyl (C=O) groups is 1. The zero-order valence-corrected chi connectivity index (χ0v) is 8.62. The minimum atomic E-state index is -0.978. The minimum absolute atomic E-state index is 0.0912. The van der Waals surface area contributed by atoms with Crippen molar-refractivity contribution in [2.75, 3.05) is 0 Å². The number of ketones is 1. The Balaban J connectivity index is 3.20.